The van der Waals surface area contributed by atoms with E-state index in [0.29, 0.717) is 0 Å². The summed E-state index contributed by atoms with van der Waals surface area (Å²) in [6.45, 7) is 2.08. The van der Waals surface area contributed by atoms with E-state index < -0.39 is 0 Å². The van der Waals surface area contributed by atoms with Crippen LogP contribution in [0.3, 0.4) is 0 Å². The van der Waals surface area contributed by atoms with Gasteiger partial charge in [-0.3, -0.25) is 10.2 Å². The van der Waals surface area contributed by atoms with Gasteiger partial charge >= 0.3 is 0 Å². The Labute approximate surface area is 101 Å². The van der Waals surface area contributed by atoms with E-state index in [-0.39, 0.29) is 24.2 Å². The largest absolute Gasteiger partial charge is 0.364 e. The predicted molar refractivity (Wildman–Crippen MR) is 65.8 cm³/mol. The number of carbonyl (C=O) groups excluding carboxylic acids is 1. The standard InChI is InChI=1S/C10H21N3O2S/c1-2-7(11)5-16-6-8-3-4-9(15-8)10(14)13-12/h7-9H,2-6,11-12H2,1H3,(H,13,14). The Kier molecular flexibility index (Phi) is 6.12. The molecule has 1 fully saturated rings. The van der Waals surface area contributed by atoms with Gasteiger partial charge in [0.05, 0.1) is 6.10 Å². The van der Waals surface area contributed by atoms with Crippen molar-refractivity contribution in [1.29, 1.82) is 0 Å². The van der Waals surface area contributed by atoms with Crippen molar-refractivity contribution < 1.29 is 9.53 Å². The summed E-state index contributed by atoms with van der Waals surface area (Å²) in [4.78, 5) is 11.2. The lowest BCUT2D eigenvalue weighted by Gasteiger charge is -2.13. The third-order valence-corrected chi connectivity index (χ3v) is 3.97. The maximum atomic E-state index is 11.2. The minimum absolute atomic E-state index is 0.163. The molecule has 1 aliphatic heterocycles. The Morgan fingerprint density at radius 2 is 2.38 bits per heavy atom. The third-order valence-electron chi connectivity index (χ3n) is 2.70. The summed E-state index contributed by atoms with van der Waals surface area (Å²) < 4.78 is 5.58. The van der Waals surface area contributed by atoms with Crippen LogP contribution in [0.2, 0.25) is 0 Å². The first-order valence-corrected chi connectivity index (χ1v) is 6.82. The molecule has 1 heterocycles. The average molecular weight is 247 g/mol. The normalized spacial score (nSPS) is 26.7. The lowest BCUT2D eigenvalue weighted by Crippen LogP contribution is -2.39. The second kappa shape index (κ2) is 7.11. The van der Waals surface area contributed by atoms with Gasteiger partial charge in [0, 0.05) is 17.5 Å². The van der Waals surface area contributed by atoms with Gasteiger partial charge in [0.15, 0.2) is 0 Å². The molecule has 3 unspecified atom stereocenters. The molecule has 5 nitrogen and oxygen atoms in total. The van der Waals surface area contributed by atoms with Crippen molar-refractivity contribution in [3.05, 3.63) is 0 Å². The molecule has 0 spiro atoms. The molecule has 3 atom stereocenters. The summed E-state index contributed by atoms with van der Waals surface area (Å²) in [5, 5.41) is 0. The minimum atomic E-state index is -0.365. The Hall–Kier alpha value is -0.300. The number of hydrazine groups is 1. The molecule has 1 amide bonds. The highest BCUT2D eigenvalue weighted by molar-refractivity contribution is 7.99. The number of carbonyl (C=O) groups is 1. The molecule has 0 aliphatic carbocycles. The molecule has 16 heavy (non-hydrogen) atoms. The third kappa shape index (κ3) is 4.29. The minimum Gasteiger partial charge on any atom is -0.364 e. The summed E-state index contributed by atoms with van der Waals surface area (Å²) in [6.07, 6.45) is 2.48. The van der Waals surface area contributed by atoms with Crippen molar-refractivity contribution >= 4 is 17.7 Å². The van der Waals surface area contributed by atoms with Gasteiger partial charge < -0.3 is 10.5 Å². The second-order valence-corrected chi connectivity index (χ2v) is 5.11. The molecule has 1 saturated heterocycles. The Morgan fingerprint density at radius 1 is 1.62 bits per heavy atom. The SMILES string of the molecule is CCC(N)CSCC1CCC(C(=O)NN)O1. The first kappa shape index (κ1) is 13.8. The van der Waals surface area contributed by atoms with Gasteiger partial charge in [-0.2, -0.15) is 11.8 Å². The topological polar surface area (TPSA) is 90.4 Å². The molecule has 0 radical (unpaired) electrons. The van der Waals surface area contributed by atoms with Crippen LogP contribution in [-0.2, 0) is 9.53 Å². The highest BCUT2D eigenvalue weighted by Crippen LogP contribution is 2.23. The quantitative estimate of drug-likeness (QED) is 0.349. The highest BCUT2D eigenvalue weighted by Gasteiger charge is 2.29. The first-order valence-electron chi connectivity index (χ1n) is 5.66. The van der Waals surface area contributed by atoms with Crippen LogP contribution in [0.1, 0.15) is 26.2 Å². The zero-order valence-corrected chi connectivity index (χ0v) is 10.5. The van der Waals surface area contributed by atoms with Gasteiger partial charge in [0.2, 0.25) is 0 Å². The highest BCUT2D eigenvalue weighted by atomic mass is 32.2. The maximum Gasteiger partial charge on any atom is 0.263 e. The van der Waals surface area contributed by atoms with E-state index in [1.165, 1.54) is 0 Å². The number of nitrogens with one attached hydrogen (secondary N) is 1. The van der Waals surface area contributed by atoms with E-state index in [0.717, 1.165) is 30.8 Å². The molecule has 5 N–H and O–H groups in total. The molecular formula is C10H21N3O2S. The molecule has 1 aliphatic rings. The van der Waals surface area contributed by atoms with Crippen LogP contribution < -0.4 is 17.0 Å². The van der Waals surface area contributed by atoms with Crippen LogP contribution in [0.15, 0.2) is 0 Å². The van der Waals surface area contributed by atoms with Crippen LogP contribution in [0.25, 0.3) is 0 Å². The van der Waals surface area contributed by atoms with Crippen LogP contribution in [0.5, 0.6) is 0 Å². The van der Waals surface area contributed by atoms with Crippen molar-refractivity contribution in [2.24, 2.45) is 11.6 Å². The zero-order chi connectivity index (χ0) is 12.0. The van der Waals surface area contributed by atoms with Crippen molar-refractivity contribution in [2.75, 3.05) is 11.5 Å². The molecule has 0 bridgehead atoms. The molecule has 0 aromatic rings. The van der Waals surface area contributed by atoms with E-state index in [2.05, 4.69) is 12.3 Å². The van der Waals surface area contributed by atoms with Crippen molar-refractivity contribution in [2.45, 2.75) is 44.4 Å². The van der Waals surface area contributed by atoms with E-state index >= 15 is 0 Å². The van der Waals surface area contributed by atoms with E-state index in [1.54, 1.807) is 11.8 Å². The van der Waals surface area contributed by atoms with Crippen molar-refractivity contribution in [3.63, 3.8) is 0 Å². The number of hydrogen-bond donors (Lipinski definition) is 3. The summed E-state index contributed by atoms with van der Waals surface area (Å²) in [5.41, 5.74) is 7.93. The van der Waals surface area contributed by atoms with Crippen LogP contribution in [0.4, 0.5) is 0 Å². The fourth-order valence-electron chi connectivity index (χ4n) is 1.58. The number of ether oxygens (including phenoxy) is 1. The Bertz CT molecular complexity index is 228. The monoisotopic (exact) mass is 247 g/mol. The molecule has 6 heteroatoms. The summed E-state index contributed by atoms with van der Waals surface area (Å²) in [5.74, 6) is 6.68. The van der Waals surface area contributed by atoms with Gasteiger partial charge in [0.1, 0.15) is 6.10 Å². The van der Waals surface area contributed by atoms with Gasteiger partial charge in [-0.15, -0.1) is 0 Å². The number of nitrogens with two attached hydrogens (primary N) is 2. The number of hydrogen-bond acceptors (Lipinski definition) is 5. The van der Waals surface area contributed by atoms with E-state index in [9.17, 15) is 4.79 Å². The lowest BCUT2D eigenvalue weighted by atomic mass is 10.2. The number of amides is 1. The zero-order valence-electron chi connectivity index (χ0n) is 9.65. The van der Waals surface area contributed by atoms with Crippen LogP contribution >= 0.6 is 11.8 Å². The smallest absolute Gasteiger partial charge is 0.263 e. The number of thioether (sulfide) groups is 1. The van der Waals surface area contributed by atoms with Gasteiger partial charge in [-0.25, -0.2) is 5.84 Å². The second-order valence-electron chi connectivity index (χ2n) is 4.04. The fourth-order valence-corrected chi connectivity index (χ4v) is 2.77. The van der Waals surface area contributed by atoms with E-state index in [4.69, 9.17) is 16.3 Å². The first-order chi connectivity index (χ1) is 7.67. The van der Waals surface area contributed by atoms with Crippen LogP contribution in [0, 0.1) is 0 Å². The predicted octanol–water partition coefficient (Wildman–Crippen LogP) is -0.00560. The Balaban J connectivity index is 2.14. The molecule has 0 aromatic heterocycles. The summed E-state index contributed by atoms with van der Waals surface area (Å²) in [6, 6.07) is 0.259. The lowest BCUT2D eigenvalue weighted by molar-refractivity contribution is -0.131. The van der Waals surface area contributed by atoms with Crippen molar-refractivity contribution in [3.8, 4) is 0 Å². The van der Waals surface area contributed by atoms with Gasteiger partial charge in [-0.1, -0.05) is 6.92 Å². The van der Waals surface area contributed by atoms with Crippen LogP contribution in [-0.4, -0.2) is 35.7 Å². The van der Waals surface area contributed by atoms with E-state index in [1.807, 2.05) is 0 Å². The molecule has 0 saturated carbocycles. The molecular weight excluding hydrogens is 226 g/mol. The average Bonchev–Trinajstić information content (AvgIpc) is 2.76. The maximum absolute atomic E-state index is 11.2. The molecule has 0 aromatic carbocycles. The number of rotatable bonds is 6. The summed E-state index contributed by atoms with van der Waals surface area (Å²) >= 11 is 1.79. The molecule has 94 valence electrons. The fraction of sp³-hybridized carbons (Fsp3) is 0.900. The molecule has 1 rings (SSSR count). The van der Waals surface area contributed by atoms with Gasteiger partial charge in [0.25, 0.3) is 5.91 Å². The van der Waals surface area contributed by atoms with Crippen molar-refractivity contribution in [1.82, 2.24) is 5.43 Å². The van der Waals surface area contributed by atoms with Gasteiger partial charge in [-0.05, 0) is 19.3 Å². The summed E-state index contributed by atoms with van der Waals surface area (Å²) in [7, 11) is 0. The Morgan fingerprint density at radius 3 is 3.00 bits per heavy atom.